The molecule has 0 bridgehead atoms. The minimum Gasteiger partial charge on any atom is -0.338 e. The van der Waals surface area contributed by atoms with Gasteiger partial charge in [0.15, 0.2) is 0 Å². The highest BCUT2D eigenvalue weighted by Gasteiger charge is 2.12. The summed E-state index contributed by atoms with van der Waals surface area (Å²) in [5.74, 6) is 1.11. The molecular formula is C14H19BrN4. The van der Waals surface area contributed by atoms with Crippen molar-refractivity contribution in [3.8, 4) is 0 Å². The number of rotatable bonds is 6. The van der Waals surface area contributed by atoms with Crippen LogP contribution in [0, 0.1) is 0 Å². The van der Waals surface area contributed by atoms with Crippen LogP contribution >= 0.6 is 15.9 Å². The van der Waals surface area contributed by atoms with E-state index in [-0.39, 0.29) is 6.04 Å². The molecule has 1 N–H and O–H groups in total. The maximum atomic E-state index is 4.48. The van der Waals surface area contributed by atoms with E-state index < -0.39 is 0 Å². The molecule has 2 aromatic heterocycles. The number of imidazole rings is 1. The number of hydrogen-bond donors (Lipinski definition) is 1. The Balaban J connectivity index is 2.04. The molecule has 2 aromatic rings. The zero-order valence-corrected chi connectivity index (χ0v) is 12.9. The largest absolute Gasteiger partial charge is 0.338 e. The average Bonchev–Trinajstić information content (AvgIpc) is 2.81. The zero-order valence-electron chi connectivity index (χ0n) is 11.3. The van der Waals surface area contributed by atoms with Gasteiger partial charge in [0.05, 0.1) is 5.69 Å². The standard InChI is InChI=1S/C14H19BrN4/c1-3-16-12(13-5-4-11(15)10-18-13)6-7-14-17-8-9-19(14)2/h4-5,8-10,12,16H,3,6-7H2,1-2H3. The molecule has 0 saturated carbocycles. The van der Waals surface area contributed by atoms with E-state index in [9.17, 15) is 0 Å². The minimum atomic E-state index is 0.273. The molecule has 19 heavy (non-hydrogen) atoms. The first-order valence-electron chi connectivity index (χ1n) is 6.51. The minimum absolute atomic E-state index is 0.273. The quantitative estimate of drug-likeness (QED) is 0.889. The van der Waals surface area contributed by atoms with Crippen molar-refractivity contribution in [3.05, 3.63) is 46.7 Å². The van der Waals surface area contributed by atoms with Crippen molar-refractivity contribution in [1.82, 2.24) is 19.9 Å². The van der Waals surface area contributed by atoms with Gasteiger partial charge in [-0.3, -0.25) is 4.98 Å². The van der Waals surface area contributed by atoms with Crippen LogP contribution in [0.4, 0.5) is 0 Å². The number of hydrogen-bond acceptors (Lipinski definition) is 3. The number of nitrogens with zero attached hydrogens (tertiary/aromatic N) is 3. The third-order valence-corrected chi connectivity index (χ3v) is 3.60. The van der Waals surface area contributed by atoms with Crippen molar-refractivity contribution in [2.24, 2.45) is 7.05 Å². The molecule has 0 fully saturated rings. The van der Waals surface area contributed by atoms with Crippen molar-refractivity contribution >= 4 is 15.9 Å². The predicted molar refractivity (Wildman–Crippen MR) is 79.9 cm³/mol. The fraction of sp³-hybridized carbons (Fsp3) is 0.429. The lowest BCUT2D eigenvalue weighted by Gasteiger charge is -2.17. The Hall–Kier alpha value is -1.20. The second-order valence-electron chi connectivity index (χ2n) is 4.50. The molecule has 5 heteroatoms. The summed E-state index contributed by atoms with van der Waals surface area (Å²) < 4.78 is 3.08. The van der Waals surface area contributed by atoms with Crippen LogP contribution in [0.15, 0.2) is 35.2 Å². The molecule has 0 aliphatic heterocycles. The fourth-order valence-corrected chi connectivity index (χ4v) is 2.34. The fourth-order valence-electron chi connectivity index (χ4n) is 2.11. The molecule has 0 aromatic carbocycles. The summed E-state index contributed by atoms with van der Waals surface area (Å²) in [6.45, 7) is 3.05. The molecule has 1 unspecified atom stereocenters. The molecule has 2 rings (SSSR count). The number of pyridine rings is 1. The summed E-state index contributed by atoms with van der Waals surface area (Å²) in [6, 6.07) is 4.37. The van der Waals surface area contributed by atoms with Crippen LogP contribution in [-0.4, -0.2) is 21.1 Å². The summed E-state index contributed by atoms with van der Waals surface area (Å²) in [6.07, 6.45) is 7.61. The van der Waals surface area contributed by atoms with Crippen LogP contribution in [0.5, 0.6) is 0 Å². The molecule has 2 heterocycles. The Morgan fingerprint density at radius 1 is 1.37 bits per heavy atom. The molecule has 4 nitrogen and oxygen atoms in total. The summed E-state index contributed by atoms with van der Waals surface area (Å²) >= 11 is 3.42. The van der Waals surface area contributed by atoms with Crippen LogP contribution in [0.25, 0.3) is 0 Å². The van der Waals surface area contributed by atoms with Gasteiger partial charge in [-0.15, -0.1) is 0 Å². The van der Waals surface area contributed by atoms with E-state index in [0.717, 1.165) is 35.4 Å². The number of aromatic nitrogens is 3. The highest BCUT2D eigenvalue weighted by molar-refractivity contribution is 9.10. The molecule has 0 spiro atoms. The van der Waals surface area contributed by atoms with Crippen LogP contribution in [-0.2, 0) is 13.5 Å². The first kappa shape index (κ1) is 14.2. The zero-order chi connectivity index (χ0) is 13.7. The van der Waals surface area contributed by atoms with Crippen LogP contribution < -0.4 is 5.32 Å². The first-order chi connectivity index (χ1) is 9.20. The van der Waals surface area contributed by atoms with Gasteiger partial charge < -0.3 is 9.88 Å². The highest BCUT2D eigenvalue weighted by Crippen LogP contribution is 2.18. The van der Waals surface area contributed by atoms with Crippen molar-refractivity contribution in [3.63, 3.8) is 0 Å². The Kier molecular flexibility index (Phi) is 5.10. The van der Waals surface area contributed by atoms with E-state index in [1.165, 1.54) is 0 Å². The molecule has 0 saturated heterocycles. The average molecular weight is 323 g/mol. The van der Waals surface area contributed by atoms with E-state index in [0.29, 0.717) is 0 Å². The molecule has 0 radical (unpaired) electrons. The van der Waals surface area contributed by atoms with Crippen LogP contribution in [0.3, 0.4) is 0 Å². The van der Waals surface area contributed by atoms with Gasteiger partial charge in [-0.25, -0.2) is 4.98 Å². The van der Waals surface area contributed by atoms with E-state index in [1.54, 1.807) is 0 Å². The summed E-state index contributed by atoms with van der Waals surface area (Å²) in [4.78, 5) is 8.85. The van der Waals surface area contributed by atoms with Gasteiger partial charge in [0, 0.05) is 42.6 Å². The van der Waals surface area contributed by atoms with Crippen molar-refractivity contribution < 1.29 is 0 Å². The first-order valence-corrected chi connectivity index (χ1v) is 7.31. The maximum Gasteiger partial charge on any atom is 0.108 e. The smallest absolute Gasteiger partial charge is 0.108 e. The Bertz CT molecular complexity index is 506. The third kappa shape index (κ3) is 3.88. The Morgan fingerprint density at radius 3 is 2.79 bits per heavy atom. The van der Waals surface area contributed by atoms with Gasteiger partial charge in [0.25, 0.3) is 0 Å². The lowest BCUT2D eigenvalue weighted by molar-refractivity contribution is 0.495. The molecule has 0 amide bonds. The monoisotopic (exact) mass is 322 g/mol. The van der Waals surface area contributed by atoms with Crippen molar-refractivity contribution in [1.29, 1.82) is 0 Å². The number of nitrogens with one attached hydrogen (secondary N) is 1. The molecule has 0 aliphatic rings. The van der Waals surface area contributed by atoms with E-state index in [4.69, 9.17) is 0 Å². The van der Waals surface area contributed by atoms with E-state index >= 15 is 0 Å². The SMILES string of the molecule is CCNC(CCc1nccn1C)c1ccc(Br)cn1. The maximum absolute atomic E-state index is 4.48. The molecular weight excluding hydrogens is 304 g/mol. The summed E-state index contributed by atoms with van der Waals surface area (Å²) in [7, 11) is 2.03. The molecule has 0 aliphatic carbocycles. The highest BCUT2D eigenvalue weighted by atomic mass is 79.9. The van der Waals surface area contributed by atoms with Crippen LogP contribution in [0.2, 0.25) is 0 Å². The molecule has 102 valence electrons. The Morgan fingerprint density at radius 2 is 2.21 bits per heavy atom. The second-order valence-corrected chi connectivity index (χ2v) is 5.42. The molecule has 1 atom stereocenters. The van der Waals surface area contributed by atoms with Gasteiger partial charge >= 0.3 is 0 Å². The van der Waals surface area contributed by atoms with Gasteiger partial charge in [0.1, 0.15) is 5.82 Å². The van der Waals surface area contributed by atoms with Crippen molar-refractivity contribution in [2.75, 3.05) is 6.54 Å². The lowest BCUT2D eigenvalue weighted by atomic mass is 10.1. The second kappa shape index (κ2) is 6.82. The summed E-state index contributed by atoms with van der Waals surface area (Å²) in [5.41, 5.74) is 1.08. The van der Waals surface area contributed by atoms with Crippen LogP contribution in [0.1, 0.15) is 30.9 Å². The predicted octanol–water partition coefficient (Wildman–Crippen LogP) is 2.86. The van der Waals surface area contributed by atoms with Gasteiger partial charge in [0.2, 0.25) is 0 Å². The Labute approximate surface area is 122 Å². The number of aryl methyl sites for hydroxylation is 2. The normalized spacial score (nSPS) is 12.6. The van der Waals surface area contributed by atoms with E-state index in [1.807, 2.05) is 31.7 Å². The van der Waals surface area contributed by atoms with Gasteiger partial charge in [-0.1, -0.05) is 6.92 Å². The van der Waals surface area contributed by atoms with Crippen molar-refractivity contribution in [2.45, 2.75) is 25.8 Å². The number of halogens is 1. The van der Waals surface area contributed by atoms with Gasteiger partial charge in [-0.05, 0) is 41.0 Å². The summed E-state index contributed by atoms with van der Waals surface area (Å²) in [5, 5.41) is 3.49. The topological polar surface area (TPSA) is 42.7 Å². The lowest BCUT2D eigenvalue weighted by Crippen LogP contribution is -2.22. The third-order valence-electron chi connectivity index (χ3n) is 3.14. The van der Waals surface area contributed by atoms with Gasteiger partial charge in [-0.2, -0.15) is 0 Å². The van der Waals surface area contributed by atoms with E-state index in [2.05, 4.69) is 48.8 Å².